The van der Waals surface area contributed by atoms with Gasteiger partial charge in [-0.2, -0.15) is 0 Å². The van der Waals surface area contributed by atoms with Gasteiger partial charge in [0.2, 0.25) is 5.91 Å². The normalized spacial score (nSPS) is 16.6. The number of benzene rings is 4. The number of thioether (sulfide) groups is 1. The third-order valence-corrected chi connectivity index (χ3v) is 10.1. The van der Waals surface area contributed by atoms with Gasteiger partial charge >= 0.3 is 6.09 Å². The van der Waals surface area contributed by atoms with Gasteiger partial charge in [-0.15, -0.1) is 0 Å². The first-order valence-electron chi connectivity index (χ1n) is 16.6. The molecule has 2 amide bonds. The van der Waals surface area contributed by atoms with Gasteiger partial charge in [0.05, 0.1) is 41.1 Å². The van der Waals surface area contributed by atoms with Crippen molar-refractivity contribution in [3.63, 3.8) is 0 Å². The lowest BCUT2D eigenvalue weighted by Gasteiger charge is -2.31. The molecule has 5 aromatic rings. The molecule has 9 nitrogen and oxygen atoms in total. The molecule has 4 aromatic carbocycles. The molecule has 0 bridgehead atoms. The lowest BCUT2D eigenvalue weighted by Crippen LogP contribution is -2.46. The molecule has 3 atom stereocenters. The number of hydrogen-bond acceptors (Lipinski definition) is 7. The number of carbonyl (C=O) groups is 2. The maximum absolute atomic E-state index is 15.4. The first kappa shape index (κ1) is 36.3. The van der Waals surface area contributed by atoms with Crippen LogP contribution in [0.3, 0.4) is 0 Å². The summed E-state index contributed by atoms with van der Waals surface area (Å²) in [6.07, 6.45) is 0.153. The number of anilines is 1. The average molecular weight is 734 g/mol. The zero-order valence-electron chi connectivity index (χ0n) is 27.8. The molecule has 6 rings (SSSR count). The summed E-state index contributed by atoms with van der Waals surface area (Å²) >= 11 is 7.38. The van der Waals surface area contributed by atoms with Crippen molar-refractivity contribution in [2.24, 2.45) is 0 Å². The van der Waals surface area contributed by atoms with Crippen molar-refractivity contribution >= 4 is 52.1 Å². The molecular formula is C38H38ClF2N5O4S. The van der Waals surface area contributed by atoms with E-state index in [1.807, 2.05) is 60.7 Å². The number of carbonyl (C=O) groups excluding carboxylic acids is 2. The third kappa shape index (κ3) is 9.44. The maximum Gasteiger partial charge on any atom is 0.407 e. The average Bonchev–Trinajstić information content (AvgIpc) is 3.54. The number of alkyl carbamates (subject to hydrolysis) is 1. The Bertz CT molecular complexity index is 1870. The van der Waals surface area contributed by atoms with Crippen molar-refractivity contribution in [3.8, 4) is 0 Å². The van der Waals surface area contributed by atoms with E-state index in [2.05, 4.69) is 25.9 Å². The van der Waals surface area contributed by atoms with E-state index in [4.69, 9.17) is 21.1 Å². The number of aryl methyl sites for hydroxylation is 1. The van der Waals surface area contributed by atoms with Gasteiger partial charge in [-0.3, -0.25) is 4.79 Å². The number of H-pyrrole nitrogens is 1. The Hall–Kier alpha value is -4.49. The Morgan fingerprint density at radius 1 is 0.980 bits per heavy atom. The van der Waals surface area contributed by atoms with E-state index < -0.39 is 29.7 Å². The van der Waals surface area contributed by atoms with Gasteiger partial charge in [-0.05, 0) is 48.1 Å². The van der Waals surface area contributed by atoms with E-state index in [1.54, 1.807) is 12.1 Å². The molecule has 1 aromatic heterocycles. The van der Waals surface area contributed by atoms with Gasteiger partial charge in [0.25, 0.3) is 0 Å². The smallest absolute Gasteiger partial charge is 0.407 e. The molecule has 4 N–H and O–H groups in total. The summed E-state index contributed by atoms with van der Waals surface area (Å²) in [5, 5.41) is 9.52. The summed E-state index contributed by atoms with van der Waals surface area (Å²) in [6.45, 7) is 1.26. The van der Waals surface area contributed by atoms with Crippen LogP contribution in [-0.4, -0.2) is 66.2 Å². The van der Waals surface area contributed by atoms with E-state index in [9.17, 15) is 14.0 Å². The third-order valence-electron chi connectivity index (χ3n) is 8.79. The maximum atomic E-state index is 15.4. The highest BCUT2D eigenvalue weighted by Gasteiger charge is 2.29. The van der Waals surface area contributed by atoms with Crippen LogP contribution in [0, 0.1) is 11.6 Å². The Morgan fingerprint density at radius 2 is 1.69 bits per heavy atom. The molecule has 1 aliphatic heterocycles. The molecular weight excluding hydrogens is 696 g/mol. The van der Waals surface area contributed by atoms with Crippen LogP contribution < -0.4 is 16.0 Å². The summed E-state index contributed by atoms with van der Waals surface area (Å²) in [6, 6.07) is 25.9. The fourth-order valence-corrected chi connectivity index (χ4v) is 7.26. The van der Waals surface area contributed by atoms with Crippen LogP contribution in [0.25, 0.3) is 11.0 Å². The van der Waals surface area contributed by atoms with Gasteiger partial charge in [-0.25, -0.2) is 18.6 Å². The molecule has 266 valence electrons. The number of methoxy groups -OCH3 is 1. The predicted octanol–water partition coefficient (Wildman–Crippen LogP) is 7.46. The van der Waals surface area contributed by atoms with Crippen molar-refractivity contribution in [2.75, 3.05) is 31.3 Å². The largest absolute Gasteiger partial charge is 0.453 e. The second kappa shape index (κ2) is 17.1. The van der Waals surface area contributed by atoms with Crippen LogP contribution in [-0.2, 0) is 20.7 Å². The monoisotopic (exact) mass is 733 g/mol. The highest BCUT2D eigenvalue weighted by atomic mass is 35.5. The van der Waals surface area contributed by atoms with Gasteiger partial charge in [0.15, 0.2) is 5.16 Å². The second-order valence-electron chi connectivity index (χ2n) is 12.3. The van der Waals surface area contributed by atoms with Gasteiger partial charge in [0.1, 0.15) is 17.7 Å². The van der Waals surface area contributed by atoms with Crippen LogP contribution in [0.5, 0.6) is 0 Å². The zero-order chi connectivity index (χ0) is 35.7. The van der Waals surface area contributed by atoms with E-state index >= 15 is 4.39 Å². The highest BCUT2D eigenvalue weighted by molar-refractivity contribution is 7.99. The number of fused-ring (bicyclic) bond motifs is 1. The molecule has 13 heteroatoms. The van der Waals surface area contributed by atoms with Crippen LogP contribution >= 0.6 is 23.4 Å². The molecule has 0 radical (unpaired) electrons. The summed E-state index contributed by atoms with van der Waals surface area (Å²) in [4.78, 5) is 33.9. The standard InChI is InChI=1S/C38H38ClF2N5O4S/c1-49-38(48)45-34(17-28(23-9-4-2-5-10-23)24-11-6-3-7-12-24)36(47)46-35-25(13-8-14-30(35)40)15-16-26-20-42-21-27(50-26)22-51-37-43-32-18-29(39)31(41)19-33(32)44-37/h2-14,18-19,26-28,34,42H,15-17,20-22H2,1H3,(H,43,44)(H,45,48)(H,46,47)/t26-,27+,34+/m1/s1. The fourth-order valence-electron chi connectivity index (χ4n) is 6.21. The number of para-hydroxylation sites is 1. The fraction of sp³-hybridized carbons (Fsp3) is 0.289. The summed E-state index contributed by atoms with van der Waals surface area (Å²) in [7, 11) is 1.23. The first-order valence-corrected chi connectivity index (χ1v) is 18.0. The minimum Gasteiger partial charge on any atom is -0.453 e. The number of amides is 2. The van der Waals surface area contributed by atoms with E-state index in [-0.39, 0.29) is 35.3 Å². The van der Waals surface area contributed by atoms with Gasteiger partial charge in [-0.1, -0.05) is 96.2 Å². The summed E-state index contributed by atoms with van der Waals surface area (Å²) < 4.78 is 40.5. The zero-order valence-corrected chi connectivity index (χ0v) is 29.4. The number of morpholine rings is 1. The van der Waals surface area contributed by atoms with Crippen molar-refractivity contribution in [1.82, 2.24) is 20.6 Å². The molecule has 1 aliphatic rings. The number of aromatic nitrogens is 2. The van der Waals surface area contributed by atoms with E-state index in [0.29, 0.717) is 53.4 Å². The van der Waals surface area contributed by atoms with Gasteiger partial charge in [0, 0.05) is 30.8 Å². The lowest BCUT2D eigenvalue weighted by atomic mass is 9.85. The summed E-state index contributed by atoms with van der Waals surface area (Å²) in [5.74, 6) is -1.30. The van der Waals surface area contributed by atoms with Gasteiger partial charge < -0.3 is 30.4 Å². The molecule has 0 saturated carbocycles. The van der Waals surface area contributed by atoms with Crippen molar-refractivity contribution in [1.29, 1.82) is 0 Å². The minimum absolute atomic E-state index is 0.0313. The Kier molecular flexibility index (Phi) is 12.2. The second-order valence-corrected chi connectivity index (χ2v) is 13.7. The number of aromatic amines is 1. The van der Waals surface area contributed by atoms with Crippen LogP contribution in [0.1, 0.15) is 35.4 Å². The molecule has 1 fully saturated rings. The topological polar surface area (TPSA) is 117 Å². The molecule has 0 aliphatic carbocycles. The van der Waals surface area contributed by atoms with Crippen molar-refractivity contribution in [2.45, 2.75) is 48.6 Å². The van der Waals surface area contributed by atoms with Crippen molar-refractivity contribution < 1.29 is 27.8 Å². The Morgan fingerprint density at radius 3 is 2.39 bits per heavy atom. The predicted molar refractivity (Wildman–Crippen MR) is 195 cm³/mol. The lowest BCUT2D eigenvalue weighted by molar-refractivity contribution is -0.118. The quantitative estimate of drug-likeness (QED) is 0.0929. The van der Waals surface area contributed by atoms with Crippen LogP contribution in [0.2, 0.25) is 5.02 Å². The number of halogens is 3. The summed E-state index contributed by atoms with van der Waals surface area (Å²) in [5.41, 5.74) is 3.76. The Labute approximate surface area is 303 Å². The van der Waals surface area contributed by atoms with E-state index in [0.717, 1.165) is 11.1 Å². The Balaban J connectivity index is 1.11. The van der Waals surface area contributed by atoms with Crippen molar-refractivity contribution in [3.05, 3.63) is 124 Å². The highest BCUT2D eigenvalue weighted by Crippen LogP contribution is 2.31. The van der Waals surface area contributed by atoms with Crippen LogP contribution in [0.15, 0.2) is 96.2 Å². The minimum atomic E-state index is -1.04. The van der Waals surface area contributed by atoms with E-state index in [1.165, 1.54) is 37.1 Å². The molecule has 2 heterocycles. The molecule has 0 spiro atoms. The van der Waals surface area contributed by atoms with Crippen LogP contribution in [0.4, 0.5) is 19.3 Å². The number of nitrogens with one attached hydrogen (secondary N) is 4. The number of rotatable bonds is 13. The number of hydrogen-bond donors (Lipinski definition) is 4. The number of imidazole rings is 1. The SMILES string of the molecule is COC(=O)N[C@@H](CC(c1ccccc1)c1ccccc1)C(=O)Nc1c(F)cccc1CC[C@@H]1CNC[C@@H](CSc2nc3cc(F)c(Cl)cc3[nH]2)O1. The molecule has 51 heavy (non-hydrogen) atoms. The first-order chi connectivity index (χ1) is 24.8. The number of ether oxygens (including phenoxy) is 2. The number of nitrogens with zero attached hydrogens (tertiary/aromatic N) is 1. The molecule has 0 unspecified atom stereocenters. The molecule has 1 saturated heterocycles.